The number of ether oxygens (including phenoxy) is 2. The van der Waals surface area contributed by atoms with Crippen LogP contribution >= 0.6 is 0 Å². The van der Waals surface area contributed by atoms with Gasteiger partial charge < -0.3 is 25.8 Å². The lowest BCUT2D eigenvalue weighted by atomic mass is 10.2. The number of piperazine rings is 1. The summed E-state index contributed by atoms with van der Waals surface area (Å²) in [4.78, 5) is 4.87. The van der Waals surface area contributed by atoms with E-state index in [4.69, 9.17) is 20.9 Å². The molecule has 0 bridgehead atoms. The van der Waals surface area contributed by atoms with Gasteiger partial charge in [0.15, 0.2) is 0 Å². The standard InChI is InChI=1S/C20H28N4O2/c1-25-20-6-3-2-5-19(20)24-12-10-23(11-13-24)9-4-14-26-16-7-8-17(21)18(22)15-16/h2-3,5-8,15H,4,9-14,21-22H2,1H3. The zero-order valence-corrected chi connectivity index (χ0v) is 15.4. The van der Waals surface area contributed by atoms with Crippen LogP contribution in [-0.4, -0.2) is 51.3 Å². The molecule has 26 heavy (non-hydrogen) atoms. The van der Waals surface area contributed by atoms with Gasteiger partial charge in [-0.25, -0.2) is 0 Å². The second-order valence-corrected chi connectivity index (χ2v) is 6.49. The number of rotatable bonds is 7. The Morgan fingerprint density at radius 3 is 2.46 bits per heavy atom. The predicted molar refractivity (Wildman–Crippen MR) is 107 cm³/mol. The minimum absolute atomic E-state index is 0.565. The number of anilines is 3. The number of hydrogen-bond acceptors (Lipinski definition) is 6. The molecule has 1 aliphatic heterocycles. The summed E-state index contributed by atoms with van der Waals surface area (Å²) in [6.45, 7) is 5.82. The molecule has 6 nitrogen and oxygen atoms in total. The van der Waals surface area contributed by atoms with E-state index >= 15 is 0 Å². The number of para-hydroxylation sites is 2. The lowest BCUT2D eigenvalue weighted by Gasteiger charge is -2.36. The van der Waals surface area contributed by atoms with Crippen molar-refractivity contribution in [1.29, 1.82) is 0 Å². The molecule has 1 saturated heterocycles. The smallest absolute Gasteiger partial charge is 0.142 e. The summed E-state index contributed by atoms with van der Waals surface area (Å²) in [6, 6.07) is 13.6. The van der Waals surface area contributed by atoms with Crippen LogP contribution in [0.25, 0.3) is 0 Å². The Kier molecular flexibility index (Phi) is 6.07. The van der Waals surface area contributed by atoms with Gasteiger partial charge in [0, 0.05) is 38.8 Å². The predicted octanol–water partition coefficient (Wildman–Crippen LogP) is 2.45. The van der Waals surface area contributed by atoms with Crippen molar-refractivity contribution >= 4 is 17.1 Å². The van der Waals surface area contributed by atoms with Gasteiger partial charge in [-0.1, -0.05) is 12.1 Å². The molecule has 0 amide bonds. The molecule has 0 saturated carbocycles. The SMILES string of the molecule is COc1ccccc1N1CCN(CCCOc2ccc(N)c(N)c2)CC1. The van der Waals surface area contributed by atoms with E-state index < -0.39 is 0 Å². The van der Waals surface area contributed by atoms with Crippen molar-refractivity contribution in [2.75, 3.05) is 62.8 Å². The van der Waals surface area contributed by atoms with Crippen LogP contribution in [0.1, 0.15) is 6.42 Å². The van der Waals surface area contributed by atoms with Gasteiger partial charge in [-0.3, -0.25) is 4.90 Å². The Hall–Kier alpha value is -2.60. The molecular formula is C20H28N4O2. The molecule has 0 aromatic heterocycles. The van der Waals surface area contributed by atoms with Gasteiger partial charge in [-0.15, -0.1) is 0 Å². The van der Waals surface area contributed by atoms with E-state index in [1.165, 1.54) is 5.69 Å². The molecule has 2 aromatic rings. The van der Waals surface area contributed by atoms with Crippen molar-refractivity contribution in [2.45, 2.75) is 6.42 Å². The third-order valence-corrected chi connectivity index (χ3v) is 4.74. The van der Waals surface area contributed by atoms with Crippen LogP contribution in [0.4, 0.5) is 17.1 Å². The van der Waals surface area contributed by atoms with Crippen molar-refractivity contribution in [2.24, 2.45) is 0 Å². The second-order valence-electron chi connectivity index (χ2n) is 6.49. The van der Waals surface area contributed by atoms with E-state index in [1.54, 1.807) is 19.2 Å². The van der Waals surface area contributed by atoms with Crippen molar-refractivity contribution < 1.29 is 9.47 Å². The highest BCUT2D eigenvalue weighted by Crippen LogP contribution is 2.28. The quantitative estimate of drug-likeness (QED) is 0.586. The summed E-state index contributed by atoms with van der Waals surface area (Å²) < 4.78 is 11.2. The van der Waals surface area contributed by atoms with Crippen molar-refractivity contribution in [3.63, 3.8) is 0 Å². The van der Waals surface area contributed by atoms with Gasteiger partial charge in [-0.2, -0.15) is 0 Å². The molecule has 1 aliphatic rings. The summed E-state index contributed by atoms with van der Waals surface area (Å²) >= 11 is 0. The van der Waals surface area contributed by atoms with Crippen molar-refractivity contribution in [3.8, 4) is 11.5 Å². The highest BCUT2D eigenvalue weighted by Gasteiger charge is 2.19. The van der Waals surface area contributed by atoms with Gasteiger partial charge in [0.1, 0.15) is 11.5 Å². The Morgan fingerprint density at radius 2 is 1.73 bits per heavy atom. The third-order valence-electron chi connectivity index (χ3n) is 4.74. The highest BCUT2D eigenvalue weighted by atomic mass is 16.5. The lowest BCUT2D eigenvalue weighted by molar-refractivity contribution is 0.224. The second kappa shape index (κ2) is 8.67. The summed E-state index contributed by atoms with van der Waals surface area (Å²) in [6.07, 6.45) is 0.985. The van der Waals surface area contributed by atoms with Crippen LogP contribution in [0.3, 0.4) is 0 Å². The fourth-order valence-electron chi connectivity index (χ4n) is 3.22. The molecule has 4 N–H and O–H groups in total. The average molecular weight is 356 g/mol. The summed E-state index contributed by atoms with van der Waals surface area (Å²) in [7, 11) is 1.73. The van der Waals surface area contributed by atoms with Crippen LogP contribution in [0.15, 0.2) is 42.5 Å². The number of methoxy groups -OCH3 is 1. The number of hydrogen-bond donors (Lipinski definition) is 2. The van der Waals surface area contributed by atoms with Crippen LogP contribution in [-0.2, 0) is 0 Å². The number of nitrogens with two attached hydrogens (primary N) is 2. The first-order chi connectivity index (χ1) is 12.7. The molecule has 2 aromatic carbocycles. The molecule has 6 heteroatoms. The topological polar surface area (TPSA) is 77.0 Å². The maximum absolute atomic E-state index is 5.80. The average Bonchev–Trinajstić information content (AvgIpc) is 2.68. The van der Waals surface area contributed by atoms with Gasteiger partial charge >= 0.3 is 0 Å². The summed E-state index contributed by atoms with van der Waals surface area (Å²) in [5.41, 5.74) is 13.8. The third kappa shape index (κ3) is 4.52. The van der Waals surface area contributed by atoms with Crippen molar-refractivity contribution in [3.05, 3.63) is 42.5 Å². The first kappa shape index (κ1) is 18.2. The van der Waals surface area contributed by atoms with Gasteiger partial charge in [-0.05, 0) is 30.7 Å². The first-order valence-corrected chi connectivity index (χ1v) is 9.05. The van der Waals surface area contributed by atoms with E-state index in [1.807, 2.05) is 18.2 Å². The Labute approximate surface area is 155 Å². The summed E-state index contributed by atoms with van der Waals surface area (Å²) in [5.74, 6) is 1.72. The zero-order valence-electron chi connectivity index (χ0n) is 15.4. The number of benzene rings is 2. The minimum atomic E-state index is 0.565. The van der Waals surface area contributed by atoms with E-state index in [9.17, 15) is 0 Å². The Morgan fingerprint density at radius 1 is 0.962 bits per heavy atom. The van der Waals surface area contributed by atoms with E-state index in [2.05, 4.69) is 21.9 Å². The molecular weight excluding hydrogens is 328 g/mol. The maximum Gasteiger partial charge on any atom is 0.142 e. The summed E-state index contributed by atoms with van der Waals surface area (Å²) in [5, 5.41) is 0. The molecule has 0 radical (unpaired) electrons. The van der Waals surface area contributed by atoms with Crippen LogP contribution in [0.2, 0.25) is 0 Å². The number of nitrogens with zero attached hydrogens (tertiary/aromatic N) is 2. The first-order valence-electron chi connectivity index (χ1n) is 9.05. The van der Waals surface area contributed by atoms with Gasteiger partial charge in [0.05, 0.1) is 30.8 Å². The molecule has 1 fully saturated rings. The molecule has 0 atom stereocenters. The maximum atomic E-state index is 5.80. The van der Waals surface area contributed by atoms with Crippen molar-refractivity contribution in [1.82, 2.24) is 4.90 Å². The molecule has 0 aliphatic carbocycles. The fraction of sp³-hybridized carbons (Fsp3) is 0.400. The molecule has 0 unspecified atom stereocenters. The molecule has 0 spiro atoms. The molecule has 140 valence electrons. The fourth-order valence-corrected chi connectivity index (χ4v) is 3.22. The lowest BCUT2D eigenvalue weighted by Crippen LogP contribution is -2.46. The normalized spacial score (nSPS) is 15.0. The Bertz CT molecular complexity index is 715. The van der Waals surface area contributed by atoms with Gasteiger partial charge in [0.2, 0.25) is 0 Å². The highest BCUT2D eigenvalue weighted by molar-refractivity contribution is 5.65. The van der Waals surface area contributed by atoms with Crippen LogP contribution < -0.4 is 25.8 Å². The van der Waals surface area contributed by atoms with E-state index in [0.717, 1.165) is 50.6 Å². The molecule has 1 heterocycles. The van der Waals surface area contributed by atoms with Crippen LogP contribution in [0.5, 0.6) is 11.5 Å². The number of nitrogen functional groups attached to an aromatic ring is 2. The van der Waals surface area contributed by atoms with Crippen LogP contribution in [0, 0.1) is 0 Å². The van der Waals surface area contributed by atoms with E-state index in [0.29, 0.717) is 18.0 Å². The molecule has 3 rings (SSSR count). The largest absolute Gasteiger partial charge is 0.495 e. The van der Waals surface area contributed by atoms with E-state index in [-0.39, 0.29) is 0 Å². The minimum Gasteiger partial charge on any atom is -0.495 e. The zero-order chi connectivity index (χ0) is 18.4. The Balaban J connectivity index is 1.39. The monoisotopic (exact) mass is 356 g/mol. The van der Waals surface area contributed by atoms with Gasteiger partial charge in [0.25, 0.3) is 0 Å².